The van der Waals surface area contributed by atoms with Crippen molar-refractivity contribution < 1.29 is 21.9 Å². The summed E-state index contributed by atoms with van der Waals surface area (Å²) in [7, 11) is -3.88. The van der Waals surface area contributed by atoms with Gasteiger partial charge in [-0.05, 0) is 31.5 Å². The topological polar surface area (TPSA) is 67.4 Å². The molecule has 2 N–H and O–H groups in total. The van der Waals surface area contributed by atoms with Crippen molar-refractivity contribution in [2.45, 2.75) is 30.4 Å². The summed E-state index contributed by atoms with van der Waals surface area (Å²) in [4.78, 5) is -0.272. The Balaban J connectivity index is 2.20. The van der Waals surface area contributed by atoms with Gasteiger partial charge in [0, 0.05) is 12.6 Å². The van der Waals surface area contributed by atoms with Crippen molar-refractivity contribution >= 4 is 10.0 Å². The number of alkyl halides is 2. The van der Waals surface area contributed by atoms with Crippen LogP contribution in [0.3, 0.4) is 0 Å². The molecule has 0 spiro atoms. The molecule has 2 rings (SSSR count). The number of rotatable bonds is 5. The number of hydrogen-bond donors (Lipinski definition) is 2. The molecule has 1 atom stereocenters. The number of piperidine rings is 1. The fraction of sp³-hybridized carbons (Fsp3) is 0.500. The lowest BCUT2D eigenvalue weighted by Gasteiger charge is -2.24. The maximum atomic E-state index is 12.3. The molecule has 1 aromatic rings. The lowest BCUT2D eigenvalue weighted by molar-refractivity contribution is -0.0517. The zero-order chi connectivity index (χ0) is 14.6. The summed E-state index contributed by atoms with van der Waals surface area (Å²) in [5.41, 5.74) is 0. The summed E-state index contributed by atoms with van der Waals surface area (Å²) >= 11 is 0. The fourth-order valence-electron chi connectivity index (χ4n) is 2.10. The van der Waals surface area contributed by atoms with Crippen molar-refractivity contribution in [1.82, 2.24) is 10.0 Å². The van der Waals surface area contributed by atoms with Crippen LogP contribution in [0.15, 0.2) is 29.2 Å². The SMILES string of the molecule is O=S(=O)(N[C@H]1CCCNC1)c1ccccc1OC(F)F. The molecule has 0 radical (unpaired) electrons. The standard InChI is InChI=1S/C12H16F2N2O3S/c13-12(14)19-10-5-1-2-6-11(10)20(17,18)16-9-4-3-7-15-8-9/h1-2,5-6,9,12,15-16H,3-4,7-8H2/t9-/m0/s1. The van der Waals surface area contributed by atoms with Gasteiger partial charge in [0.1, 0.15) is 10.6 Å². The second-order valence-corrected chi connectivity index (χ2v) is 6.17. The van der Waals surface area contributed by atoms with E-state index in [0.717, 1.165) is 13.0 Å². The Hall–Kier alpha value is -1.25. The van der Waals surface area contributed by atoms with E-state index in [-0.39, 0.29) is 16.7 Å². The van der Waals surface area contributed by atoms with Gasteiger partial charge in [0.25, 0.3) is 0 Å². The van der Waals surface area contributed by atoms with Crippen LogP contribution in [0.1, 0.15) is 12.8 Å². The van der Waals surface area contributed by atoms with Crippen molar-refractivity contribution in [2.24, 2.45) is 0 Å². The van der Waals surface area contributed by atoms with Gasteiger partial charge in [-0.15, -0.1) is 0 Å². The highest BCUT2D eigenvalue weighted by Crippen LogP contribution is 2.25. The summed E-state index contributed by atoms with van der Waals surface area (Å²) in [6.45, 7) is -1.69. The summed E-state index contributed by atoms with van der Waals surface area (Å²) in [6, 6.07) is 5.12. The van der Waals surface area contributed by atoms with Gasteiger partial charge in [0.2, 0.25) is 10.0 Å². The number of sulfonamides is 1. The summed E-state index contributed by atoms with van der Waals surface area (Å²) < 4.78 is 55.8. The highest BCUT2D eigenvalue weighted by atomic mass is 32.2. The molecule has 112 valence electrons. The van der Waals surface area contributed by atoms with Crippen LogP contribution in [-0.4, -0.2) is 34.2 Å². The molecule has 0 aliphatic carbocycles. The number of halogens is 2. The van der Waals surface area contributed by atoms with E-state index in [1.807, 2.05) is 0 Å². The first-order valence-electron chi connectivity index (χ1n) is 6.26. The molecule has 20 heavy (non-hydrogen) atoms. The van der Waals surface area contributed by atoms with Gasteiger partial charge in [-0.25, -0.2) is 13.1 Å². The van der Waals surface area contributed by atoms with E-state index in [1.165, 1.54) is 24.3 Å². The van der Waals surface area contributed by atoms with E-state index >= 15 is 0 Å². The Morgan fingerprint density at radius 1 is 1.35 bits per heavy atom. The average Bonchev–Trinajstić information content (AvgIpc) is 2.39. The number of nitrogens with one attached hydrogen (secondary N) is 2. The summed E-state index contributed by atoms with van der Waals surface area (Å²) in [6.07, 6.45) is 1.58. The first kappa shape index (κ1) is 15.1. The second-order valence-electron chi connectivity index (χ2n) is 4.49. The van der Waals surface area contributed by atoms with E-state index in [2.05, 4.69) is 14.8 Å². The molecule has 1 aliphatic rings. The van der Waals surface area contributed by atoms with Crippen LogP contribution in [0.2, 0.25) is 0 Å². The Bertz CT molecular complexity index is 545. The van der Waals surface area contributed by atoms with Crippen LogP contribution < -0.4 is 14.8 Å². The molecule has 1 heterocycles. The van der Waals surface area contributed by atoms with Gasteiger partial charge in [-0.1, -0.05) is 12.1 Å². The predicted octanol–water partition coefficient (Wildman–Crippen LogP) is 1.32. The molecule has 1 fully saturated rings. The van der Waals surface area contributed by atoms with E-state index < -0.39 is 16.6 Å². The van der Waals surface area contributed by atoms with Gasteiger partial charge in [-0.2, -0.15) is 8.78 Å². The quantitative estimate of drug-likeness (QED) is 0.861. The molecular weight excluding hydrogens is 290 g/mol. The summed E-state index contributed by atoms with van der Waals surface area (Å²) in [5.74, 6) is -0.348. The Labute approximate surface area is 116 Å². The molecule has 0 aromatic heterocycles. The third-order valence-electron chi connectivity index (χ3n) is 2.97. The fourth-order valence-corrected chi connectivity index (χ4v) is 3.51. The van der Waals surface area contributed by atoms with Gasteiger partial charge >= 0.3 is 6.61 Å². The Morgan fingerprint density at radius 2 is 2.10 bits per heavy atom. The molecule has 1 aromatic carbocycles. The van der Waals surface area contributed by atoms with Gasteiger partial charge < -0.3 is 10.1 Å². The average molecular weight is 306 g/mol. The van der Waals surface area contributed by atoms with Crippen LogP contribution in [-0.2, 0) is 10.0 Å². The molecule has 1 saturated heterocycles. The van der Waals surface area contributed by atoms with Crippen LogP contribution in [0.4, 0.5) is 8.78 Å². The minimum Gasteiger partial charge on any atom is -0.433 e. The maximum absolute atomic E-state index is 12.3. The minimum atomic E-state index is -3.88. The lowest BCUT2D eigenvalue weighted by atomic mass is 10.1. The van der Waals surface area contributed by atoms with E-state index in [1.54, 1.807) is 0 Å². The van der Waals surface area contributed by atoms with Gasteiger partial charge in [0.05, 0.1) is 0 Å². The lowest BCUT2D eigenvalue weighted by Crippen LogP contribution is -2.45. The van der Waals surface area contributed by atoms with Crippen LogP contribution in [0.25, 0.3) is 0 Å². The van der Waals surface area contributed by atoms with E-state index in [9.17, 15) is 17.2 Å². The van der Waals surface area contributed by atoms with Crippen LogP contribution in [0, 0.1) is 0 Å². The molecule has 8 heteroatoms. The molecule has 0 unspecified atom stereocenters. The van der Waals surface area contributed by atoms with Gasteiger partial charge in [0.15, 0.2) is 0 Å². The van der Waals surface area contributed by atoms with Crippen LogP contribution >= 0.6 is 0 Å². The Kier molecular flexibility index (Phi) is 4.90. The van der Waals surface area contributed by atoms with Gasteiger partial charge in [-0.3, -0.25) is 0 Å². The summed E-state index contributed by atoms with van der Waals surface area (Å²) in [5, 5.41) is 3.08. The van der Waals surface area contributed by atoms with Crippen molar-refractivity contribution in [2.75, 3.05) is 13.1 Å². The number of benzene rings is 1. The first-order valence-corrected chi connectivity index (χ1v) is 7.74. The molecule has 0 saturated carbocycles. The smallest absolute Gasteiger partial charge is 0.387 e. The second kappa shape index (κ2) is 6.47. The van der Waals surface area contributed by atoms with Crippen molar-refractivity contribution in [3.63, 3.8) is 0 Å². The molecule has 0 amide bonds. The molecule has 0 bridgehead atoms. The molecular formula is C12H16F2N2O3S. The van der Waals surface area contributed by atoms with E-state index in [4.69, 9.17) is 0 Å². The highest BCUT2D eigenvalue weighted by molar-refractivity contribution is 7.89. The van der Waals surface area contributed by atoms with Crippen molar-refractivity contribution in [3.8, 4) is 5.75 Å². The first-order chi connectivity index (χ1) is 9.49. The van der Waals surface area contributed by atoms with Crippen LogP contribution in [0.5, 0.6) is 5.75 Å². The Morgan fingerprint density at radius 3 is 2.75 bits per heavy atom. The van der Waals surface area contributed by atoms with Crippen molar-refractivity contribution in [1.29, 1.82) is 0 Å². The largest absolute Gasteiger partial charge is 0.433 e. The minimum absolute atomic E-state index is 0.242. The normalized spacial score (nSPS) is 20.1. The van der Waals surface area contributed by atoms with Crippen molar-refractivity contribution in [3.05, 3.63) is 24.3 Å². The highest BCUT2D eigenvalue weighted by Gasteiger charge is 2.25. The van der Waals surface area contributed by atoms with E-state index in [0.29, 0.717) is 13.0 Å². The maximum Gasteiger partial charge on any atom is 0.387 e. The third kappa shape index (κ3) is 3.87. The number of para-hydroxylation sites is 1. The zero-order valence-corrected chi connectivity index (χ0v) is 11.5. The predicted molar refractivity (Wildman–Crippen MR) is 69.3 cm³/mol. The molecule has 1 aliphatic heterocycles. The third-order valence-corrected chi connectivity index (χ3v) is 4.53. The number of hydrogen-bond acceptors (Lipinski definition) is 4. The molecule has 5 nitrogen and oxygen atoms in total. The monoisotopic (exact) mass is 306 g/mol. The zero-order valence-electron chi connectivity index (χ0n) is 10.7. The number of ether oxygens (including phenoxy) is 1.